The highest BCUT2D eigenvalue weighted by Crippen LogP contribution is 2.28. The Morgan fingerprint density at radius 1 is 0.759 bits per heavy atom. The highest BCUT2D eigenvalue weighted by Gasteiger charge is 2.51. The Bertz CT molecular complexity index is 980. The predicted molar refractivity (Wildman–Crippen MR) is 109 cm³/mol. The molecule has 0 atom stereocenters. The first kappa shape index (κ1) is 18.9. The number of nitrogens with zero attached hydrogens (tertiary/aromatic N) is 1. The molecule has 0 aromatic heterocycles. The van der Waals surface area contributed by atoms with Crippen molar-refractivity contribution in [3.8, 4) is 0 Å². The van der Waals surface area contributed by atoms with E-state index in [1.165, 1.54) is 6.07 Å². The molecule has 0 bridgehead atoms. The number of halogens is 1. The zero-order valence-electron chi connectivity index (χ0n) is 15.8. The second-order valence-electron chi connectivity index (χ2n) is 7.32. The Morgan fingerprint density at radius 3 is 1.83 bits per heavy atom. The van der Waals surface area contributed by atoms with Crippen molar-refractivity contribution in [1.29, 1.82) is 0 Å². The van der Waals surface area contributed by atoms with Crippen LogP contribution in [0.3, 0.4) is 0 Å². The van der Waals surface area contributed by atoms with E-state index in [0.29, 0.717) is 18.4 Å². The second-order valence-corrected chi connectivity index (χ2v) is 7.32. The fraction of sp³-hybridized carbons (Fsp3) is 0.167. The largest absolute Gasteiger partial charge is 0.325 e. The quantitative estimate of drug-likeness (QED) is 0.647. The van der Waals surface area contributed by atoms with E-state index in [9.17, 15) is 14.0 Å². The molecular weight excluding hydrogens is 367 g/mol. The minimum atomic E-state index is -1.11. The number of nitrogens with one attached hydrogen (secondary N) is 1. The van der Waals surface area contributed by atoms with Crippen LogP contribution in [0.25, 0.3) is 0 Å². The predicted octanol–water partition coefficient (Wildman–Crippen LogP) is 4.10. The van der Waals surface area contributed by atoms with Gasteiger partial charge in [0.1, 0.15) is 11.4 Å². The third-order valence-corrected chi connectivity index (χ3v) is 5.23. The Kier molecular flexibility index (Phi) is 5.12. The van der Waals surface area contributed by atoms with E-state index in [-0.39, 0.29) is 12.5 Å². The molecule has 1 aliphatic heterocycles. The van der Waals surface area contributed by atoms with E-state index in [4.69, 9.17) is 0 Å². The van der Waals surface area contributed by atoms with E-state index >= 15 is 0 Å². The maximum Gasteiger partial charge on any atom is 0.325 e. The number of hydrogen-bond donors (Lipinski definition) is 1. The zero-order chi connectivity index (χ0) is 20.3. The van der Waals surface area contributed by atoms with Crippen LogP contribution in [0, 0.1) is 5.82 Å². The summed E-state index contributed by atoms with van der Waals surface area (Å²) in [5, 5.41) is 2.92. The van der Waals surface area contributed by atoms with Crippen LogP contribution in [0.2, 0.25) is 0 Å². The first-order chi connectivity index (χ1) is 14.1. The third kappa shape index (κ3) is 3.90. The Balaban J connectivity index is 1.67. The molecule has 4 rings (SSSR count). The number of carbonyl (C=O) groups is 2. The lowest BCUT2D eigenvalue weighted by Crippen LogP contribution is -2.51. The SMILES string of the molecule is O=C1NC(Cc2ccccc2)(Cc2ccccc2)C(=O)N1Cc1ccccc1F. The molecule has 1 N–H and O–H groups in total. The Hall–Kier alpha value is -3.47. The molecule has 0 saturated carbocycles. The molecule has 1 heterocycles. The van der Waals surface area contributed by atoms with E-state index in [1.807, 2.05) is 60.7 Å². The fourth-order valence-corrected chi connectivity index (χ4v) is 3.81. The van der Waals surface area contributed by atoms with Gasteiger partial charge in [0.15, 0.2) is 0 Å². The van der Waals surface area contributed by atoms with E-state index in [2.05, 4.69) is 5.32 Å². The number of rotatable bonds is 6. The topological polar surface area (TPSA) is 49.4 Å². The maximum absolute atomic E-state index is 14.1. The molecule has 3 aromatic rings. The van der Waals surface area contributed by atoms with Crippen LogP contribution in [0.4, 0.5) is 9.18 Å². The lowest BCUT2D eigenvalue weighted by atomic mass is 9.84. The van der Waals surface area contributed by atoms with Crippen LogP contribution in [0.15, 0.2) is 84.9 Å². The summed E-state index contributed by atoms with van der Waals surface area (Å²) in [6, 6.07) is 24.9. The number of benzene rings is 3. The Morgan fingerprint density at radius 2 is 1.28 bits per heavy atom. The smallest absolute Gasteiger partial charge is 0.322 e. The van der Waals surface area contributed by atoms with E-state index in [0.717, 1.165) is 16.0 Å². The van der Waals surface area contributed by atoms with Crippen LogP contribution in [-0.4, -0.2) is 22.4 Å². The summed E-state index contributed by atoms with van der Waals surface area (Å²) in [5.74, 6) is -0.768. The fourth-order valence-electron chi connectivity index (χ4n) is 3.81. The number of hydrogen-bond acceptors (Lipinski definition) is 2. The number of imide groups is 1. The molecule has 0 aliphatic carbocycles. The van der Waals surface area contributed by atoms with Crippen LogP contribution in [0.5, 0.6) is 0 Å². The van der Waals surface area contributed by atoms with Gasteiger partial charge in [-0.1, -0.05) is 78.9 Å². The van der Waals surface area contributed by atoms with Crippen molar-refractivity contribution in [3.05, 3.63) is 107 Å². The van der Waals surface area contributed by atoms with Crippen molar-refractivity contribution in [1.82, 2.24) is 10.2 Å². The molecule has 5 heteroatoms. The van der Waals surface area contributed by atoms with E-state index in [1.54, 1.807) is 18.2 Å². The maximum atomic E-state index is 14.1. The molecule has 1 saturated heterocycles. The minimum Gasteiger partial charge on any atom is -0.322 e. The van der Waals surface area contributed by atoms with Gasteiger partial charge in [0, 0.05) is 18.4 Å². The average Bonchev–Trinajstić information content (AvgIpc) is 2.95. The van der Waals surface area contributed by atoms with Crippen LogP contribution >= 0.6 is 0 Å². The van der Waals surface area contributed by atoms with Gasteiger partial charge in [0.05, 0.1) is 6.54 Å². The first-order valence-electron chi connectivity index (χ1n) is 9.53. The van der Waals surface area contributed by atoms with Crippen molar-refractivity contribution in [2.75, 3.05) is 0 Å². The summed E-state index contributed by atoms with van der Waals surface area (Å²) >= 11 is 0. The van der Waals surface area contributed by atoms with Crippen LogP contribution in [0.1, 0.15) is 16.7 Å². The molecule has 0 unspecified atom stereocenters. The molecular formula is C24H21FN2O2. The molecule has 0 radical (unpaired) electrons. The second kappa shape index (κ2) is 7.87. The van der Waals surface area contributed by atoms with Gasteiger partial charge >= 0.3 is 6.03 Å². The molecule has 1 aliphatic rings. The molecule has 3 amide bonds. The van der Waals surface area contributed by atoms with Crippen molar-refractivity contribution < 1.29 is 14.0 Å². The monoisotopic (exact) mass is 388 g/mol. The summed E-state index contributed by atoms with van der Waals surface area (Å²) in [5.41, 5.74) is 1.10. The summed E-state index contributed by atoms with van der Waals surface area (Å²) in [7, 11) is 0. The van der Waals surface area contributed by atoms with Crippen molar-refractivity contribution in [2.24, 2.45) is 0 Å². The van der Waals surface area contributed by atoms with Gasteiger partial charge in [0.25, 0.3) is 5.91 Å². The van der Waals surface area contributed by atoms with Crippen molar-refractivity contribution in [3.63, 3.8) is 0 Å². The summed E-state index contributed by atoms with van der Waals surface area (Å²) in [6.45, 7) is -0.0946. The lowest BCUT2D eigenvalue weighted by molar-refractivity contribution is -0.131. The molecule has 0 spiro atoms. The van der Waals surface area contributed by atoms with Gasteiger partial charge in [0.2, 0.25) is 0 Å². The highest BCUT2D eigenvalue weighted by molar-refractivity contribution is 6.07. The zero-order valence-corrected chi connectivity index (χ0v) is 15.8. The summed E-state index contributed by atoms with van der Waals surface area (Å²) < 4.78 is 14.1. The standard InChI is InChI=1S/C24H21FN2O2/c25-21-14-8-7-13-20(21)17-27-22(28)24(26-23(27)29,15-18-9-3-1-4-10-18)16-19-11-5-2-6-12-19/h1-14H,15-17H2,(H,26,29). The number of amides is 3. The third-order valence-electron chi connectivity index (χ3n) is 5.23. The summed E-state index contributed by atoms with van der Waals surface area (Å²) in [4.78, 5) is 27.4. The number of urea groups is 1. The molecule has 1 fully saturated rings. The van der Waals surface area contributed by atoms with Gasteiger partial charge in [-0.2, -0.15) is 0 Å². The normalized spacial score (nSPS) is 15.4. The molecule has 4 nitrogen and oxygen atoms in total. The first-order valence-corrected chi connectivity index (χ1v) is 9.53. The summed E-state index contributed by atoms with van der Waals surface area (Å²) in [6.07, 6.45) is 0.724. The average molecular weight is 388 g/mol. The highest BCUT2D eigenvalue weighted by atomic mass is 19.1. The van der Waals surface area contributed by atoms with Gasteiger partial charge in [-0.05, 0) is 17.2 Å². The van der Waals surface area contributed by atoms with Gasteiger partial charge in [-0.25, -0.2) is 9.18 Å². The lowest BCUT2D eigenvalue weighted by Gasteiger charge is -2.27. The van der Waals surface area contributed by atoms with Crippen LogP contribution in [-0.2, 0) is 24.2 Å². The van der Waals surface area contributed by atoms with Gasteiger partial charge in [-0.3, -0.25) is 9.69 Å². The van der Waals surface area contributed by atoms with Gasteiger partial charge < -0.3 is 5.32 Å². The Labute approximate surface area is 169 Å². The van der Waals surface area contributed by atoms with Crippen LogP contribution < -0.4 is 5.32 Å². The molecule has 29 heavy (non-hydrogen) atoms. The van der Waals surface area contributed by atoms with Gasteiger partial charge in [-0.15, -0.1) is 0 Å². The number of carbonyl (C=O) groups excluding carboxylic acids is 2. The molecule has 146 valence electrons. The van der Waals surface area contributed by atoms with Crippen molar-refractivity contribution in [2.45, 2.75) is 24.9 Å². The minimum absolute atomic E-state index is 0.0946. The van der Waals surface area contributed by atoms with E-state index < -0.39 is 17.4 Å². The van der Waals surface area contributed by atoms with Crippen molar-refractivity contribution >= 4 is 11.9 Å². The molecule has 3 aromatic carbocycles.